The highest BCUT2D eigenvalue weighted by molar-refractivity contribution is 5.48. The Hall–Kier alpha value is -2.34. The normalized spacial score (nSPS) is 19.4. The Morgan fingerprint density at radius 3 is 3.13 bits per heavy atom. The molecule has 3 aromatic heterocycles. The zero-order valence-corrected chi connectivity index (χ0v) is 13.3. The maximum Gasteiger partial charge on any atom is 0.157 e. The molecule has 1 saturated heterocycles. The van der Waals surface area contributed by atoms with Crippen molar-refractivity contribution >= 4 is 11.5 Å². The van der Waals surface area contributed by atoms with Crippen molar-refractivity contribution in [2.75, 3.05) is 18.8 Å². The van der Waals surface area contributed by atoms with E-state index in [1.165, 1.54) is 0 Å². The number of piperidine rings is 1. The van der Waals surface area contributed by atoms with Gasteiger partial charge in [0.05, 0.1) is 24.2 Å². The van der Waals surface area contributed by atoms with Gasteiger partial charge in [0.25, 0.3) is 0 Å². The second-order valence-corrected chi connectivity index (χ2v) is 6.32. The Morgan fingerprint density at radius 2 is 2.30 bits per heavy atom. The van der Waals surface area contributed by atoms with E-state index < -0.39 is 0 Å². The van der Waals surface area contributed by atoms with Gasteiger partial charge in [0.2, 0.25) is 0 Å². The van der Waals surface area contributed by atoms with E-state index in [9.17, 15) is 0 Å². The summed E-state index contributed by atoms with van der Waals surface area (Å²) in [5.74, 6) is 2.07. The van der Waals surface area contributed by atoms with Crippen LogP contribution in [0.4, 0.5) is 5.82 Å². The first-order chi connectivity index (χ1) is 11.2. The van der Waals surface area contributed by atoms with Crippen LogP contribution in [0.15, 0.2) is 34.9 Å². The summed E-state index contributed by atoms with van der Waals surface area (Å²) in [5.41, 5.74) is 8.99. The zero-order chi connectivity index (χ0) is 15.8. The fourth-order valence-electron chi connectivity index (χ4n) is 3.41. The summed E-state index contributed by atoms with van der Waals surface area (Å²) in [7, 11) is 0. The number of hydrogen-bond donors (Lipinski definition) is 1. The van der Waals surface area contributed by atoms with E-state index >= 15 is 0 Å². The lowest BCUT2D eigenvalue weighted by Gasteiger charge is -2.31. The predicted molar refractivity (Wildman–Crippen MR) is 88.1 cm³/mol. The van der Waals surface area contributed by atoms with E-state index in [2.05, 4.69) is 10.00 Å². The molecule has 1 fully saturated rings. The number of fused-ring (bicyclic) bond motifs is 1. The van der Waals surface area contributed by atoms with Gasteiger partial charge >= 0.3 is 0 Å². The number of aryl methyl sites for hydroxylation is 1. The third kappa shape index (κ3) is 2.82. The Bertz CT molecular complexity index is 808. The molecule has 0 spiro atoms. The van der Waals surface area contributed by atoms with E-state index in [0.29, 0.717) is 11.7 Å². The molecular formula is C17H21N5O. The van der Waals surface area contributed by atoms with Crippen LogP contribution in [-0.4, -0.2) is 32.6 Å². The van der Waals surface area contributed by atoms with Gasteiger partial charge < -0.3 is 10.2 Å². The first-order valence-corrected chi connectivity index (χ1v) is 8.06. The minimum atomic E-state index is 0.404. The SMILES string of the molecule is Cc1cc2nc(C3CCCN(Cc4ccco4)C3)cc(N)n2n1. The molecule has 4 rings (SSSR count). The van der Waals surface area contributed by atoms with Crippen LogP contribution < -0.4 is 5.73 Å². The largest absolute Gasteiger partial charge is 0.468 e. The molecule has 120 valence electrons. The first-order valence-electron chi connectivity index (χ1n) is 8.06. The minimum absolute atomic E-state index is 0.404. The van der Waals surface area contributed by atoms with Crippen LogP contribution in [0.5, 0.6) is 0 Å². The number of likely N-dealkylation sites (tertiary alicyclic amines) is 1. The highest BCUT2D eigenvalue weighted by atomic mass is 16.3. The number of nitrogens with two attached hydrogens (primary N) is 1. The van der Waals surface area contributed by atoms with Crippen LogP contribution in [0.25, 0.3) is 5.65 Å². The lowest BCUT2D eigenvalue weighted by Crippen LogP contribution is -2.34. The van der Waals surface area contributed by atoms with Gasteiger partial charge in [-0.2, -0.15) is 9.61 Å². The molecule has 3 aromatic rings. The summed E-state index contributed by atoms with van der Waals surface area (Å²) >= 11 is 0. The van der Waals surface area contributed by atoms with Gasteiger partial charge in [0, 0.05) is 24.6 Å². The minimum Gasteiger partial charge on any atom is -0.468 e. The van der Waals surface area contributed by atoms with Gasteiger partial charge in [0.15, 0.2) is 5.65 Å². The summed E-state index contributed by atoms with van der Waals surface area (Å²) in [6.07, 6.45) is 4.04. The fourth-order valence-corrected chi connectivity index (χ4v) is 3.41. The van der Waals surface area contributed by atoms with Crippen molar-refractivity contribution in [1.29, 1.82) is 0 Å². The summed E-state index contributed by atoms with van der Waals surface area (Å²) in [5, 5.41) is 4.37. The van der Waals surface area contributed by atoms with Gasteiger partial charge in [-0.3, -0.25) is 4.90 Å². The Morgan fingerprint density at radius 1 is 1.39 bits per heavy atom. The molecule has 23 heavy (non-hydrogen) atoms. The van der Waals surface area contributed by atoms with Crippen LogP contribution >= 0.6 is 0 Å². The predicted octanol–water partition coefficient (Wildman–Crippen LogP) is 2.59. The molecule has 0 aliphatic carbocycles. The van der Waals surface area contributed by atoms with E-state index in [-0.39, 0.29) is 0 Å². The third-order valence-electron chi connectivity index (χ3n) is 4.48. The third-order valence-corrected chi connectivity index (χ3v) is 4.48. The second kappa shape index (κ2) is 5.70. The molecule has 2 N–H and O–H groups in total. The smallest absolute Gasteiger partial charge is 0.157 e. The lowest BCUT2D eigenvalue weighted by atomic mass is 9.94. The van der Waals surface area contributed by atoms with Crippen LogP contribution in [0.3, 0.4) is 0 Å². The molecule has 0 bridgehead atoms. The molecule has 0 amide bonds. The number of anilines is 1. The number of furan rings is 1. The summed E-state index contributed by atoms with van der Waals surface area (Å²) in [6, 6.07) is 7.92. The molecule has 1 atom stereocenters. The van der Waals surface area contributed by atoms with Gasteiger partial charge in [-0.05, 0) is 38.4 Å². The molecule has 6 nitrogen and oxygen atoms in total. The maximum absolute atomic E-state index is 6.15. The van der Waals surface area contributed by atoms with Crippen molar-refractivity contribution < 1.29 is 4.42 Å². The topological polar surface area (TPSA) is 72.6 Å². The lowest BCUT2D eigenvalue weighted by molar-refractivity contribution is 0.185. The Labute approximate surface area is 134 Å². The number of rotatable bonds is 3. The molecule has 0 saturated carbocycles. The van der Waals surface area contributed by atoms with Crippen LogP contribution in [0.2, 0.25) is 0 Å². The van der Waals surface area contributed by atoms with Crippen LogP contribution in [0.1, 0.15) is 35.9 Å². The molecule has 6 heteroatoms. The van der Waals surface area contributed by atoms with Crippen LogP contribution in [-0.2, 0) is 6.54 Å². The van der Waals surface area contributed by atoms with Gasteiger partial charge in [-0.1, -0.05) is 0 Å². The number of nitrogens with zero attached hydrogens (tertiary/aromatic N) is 4. The quantitative estimate of drug-likeness (QED) is 0.805. The van der Waals surface area contributed by atoms with Gasteiger partial charge in [-0.15, -0.1) is 0 Å². The van der Waals surface area contributed by atoms with Crippen molar-refractivity contribution in [3.05, 3.63) is 47.7 Å². The van der Waals surface area contributed by atoms with Crippen molar-refractivity contribution in [2.45, 2.75) is 32.2 Å². The average Bonchev–Trinajstić information content (AvgIpc) is 3.16. The monoisotopic (exact) mass is 311 g/mol. The van der Waals surface area contributed by atoms with Crippen LogP contribution in [0, 0.1) is 6.92 Å². The molecule has 1 aliphatic rings. The zero-order valence-electron chi connectivity index (χ0n) is 13.3. The van der Waals surface area contributed by atoms with Crippen molar-refractivity contribution in [1.82, 2.24) is 19.5 Å². The van der Waals surface area contributed by atoms with E-state index in [0.717, 1.165) is 55.3 Å². The molecule has 4 heterocycles. The highest BCUT2D eigenvalue weighted by Gasteiger charge is 2.24. The second-order valence-electron chi connectivity index (χ2n) is 6.32. The summed E-state index contributed by atoms with van der Waals surface area (Å²) in [4.78, 5) is 7.21. The fraction of sp³-hybridized carbons (Fsp3) is 0.412. The summed E-state index contributed by atoms with van der Waals surface area (Å²) < 4.78 is 7.18. The number of nitrogen functional groups attached to an aromatic ring is 1. The van der Waals surface area contributed by atoms with Crippen molar-refractivity contribution in [3.63, 3.8) is 0 Å². The van der Waals surface area contributed by atoms with E-state index in [1.807, 2.05) is 31.2 Å². The highest BCUT2D eigenvalue weighted by Crippen LogP contribution is 2.28. The van der Waals surface area contributed by atoms with E-state index in [4.69, 9.17) is 15.1 Å². The van der Waals surface area contributed by atoms with Crippen molar-refractivity contribution in [2.24, 2.45) is 0 Å². The molecule has 1 unspecified atom stereocenters. The maximum atomic E-state index is 6.15. The van der Waals surface area contributed by atoms with Gasteiger partial charge in [-0.25, -0.2) is 4.98 Å². The Balaban J connectivity index is 1.57. The summed E-state index contributed by atoms with van der Waals surface area (Å²) in [6.45, 7) is 4.89. The van der Waals surface area contributed by atoms with Crippen molar-refractivity contribution in [3.8, 4) is 0 Å². The number of aromatic nitrogens is 3. The molecule has 0 aromatic carbocycles. The molecule has 1 aliphatic heterocycles. The Kier molecular flexibility index (Phi) is 3.53. The molecular weight excluding hydrogens is 290 g/mol. The number of hydrogen-bond acceptors (Lipinski definition) is 5. The van der Waals surface area contributed by atoms with Gasteiger partial charge in [0.1, 0.15) is 11.6 Å². The molecule has 0 radical (unpaired) electrons. The van der Waals surface area contributed by atoms with E-state index in [1.54, 1.807) is 10.8 Å². The first kappa shape index (κ1) is 14.3. The average molecular weight is 311 g/mol. The standard InChI is InChI=1S/C17H21N5O/c1-12-8-17-19-15(9-16(18)22(17)20-12)13-4-2-6-21(10-13)11-14-5-3-7-23-14/h3,5,7-9,13H,2,4,6,10-11,18H2,1H3.